The molecular weight excluding hydrogens is 1260 g/mol. The number of carbonyl (C=O) groups is 10. The van der Waals surface area contributed by atoms with Crippen LogP contribution in [-0.2, 0) is 58.6 Å². The number of likely N-dealkylation sites (N-methyl/N-ethyl adjacent to an activating group) is 2. The second-order valence-electron chi connectivity index (χ2n) is 33.2. The average Bonchev–Trinajstić information content (AvgIpc) is 1.53. The summed E-state index contributed by atoms with van der Waals surface area (Å²) in [6.45, 7) is 27.2. The molecule has 12 atom stereocenters. The van der Waals surface area contributed by atoms with Crippen molar-refractivity contribution in [2.24, 2.45) is 74.2 Å². The van der Waals surface area contributed by atoms with Gasteiger partial charge in [0.2, 0.25) is 45.2 Å². The fourth-order valence-electron chi connectivity index (χ4n) is 15.6. The molecule has 0 aromatic carbocycles. The highest BCUT2D eigenvalue weighted by atomic mass is 32.2. The summed E-state index contributed by atoms with van der Waals surface area (Å²) < 4.78 is 54.7. The van der Waals surface area contributed by atoms with Crippen molar-refractivity contribution < 1.29 is 64.8 Å². The maximum Gasteiger partial charge on any atom is 0.315 e. The molecule has 9 N–H and O–H groups in total. The molecule has 5 aliphatic carbocycles. The summed E-state index contributed by atoms with van der Waals surface area (Å²) in [5, 5.41) is 19.8. The highest BCUT2D eigenvalue weighted by molar-refractivity contribution is 7.89. The van der Waals surface area contributed by atoms with E-state index in [2.05, 4.69) is 51.1 Å². The van der Waals surface area contributed by atoms with Gasteiger partial charge in [-0.05, 0) is 101 Å². The highest BCUT2D eigenvalue weighted by Crippen LogP contribution is 2.66. The third-order valence-corrected chi connectivity index (χ3v) is 26.5. The molecule has 9 fully saturated rings. The number of hydrogen-bond acceptors (Lipinski definition) is 14. The van der Waals surface area contributed by atoms with E-state index in [1.54, 1.807) is 4.90 Å². The molecule has 95 heavy (non-hydrogen) atoms. The van der Waals surface area contributed by atoms with Crippen molar-refractivity contribution in [1.82, 2.24) is 59.9 Å². The van der Waals surface area contributed by atoms with Crippen LogP contribution in [-0.4, -0.2) is 213 Å². The summed E-state index contributed by atoms with van der Waals surface area (Å²) in [5.74, 6) is -4.71. The molecule has 29 heteroatoms. The number of sulfonamides is 1. The molecule has 0 aromatic rings. The van der Waals surface area contributed by atoms with Crippen LogP contribution in [0.25, 0.3) is 0 Å². The Labute approximate surface area is 563 Å². The highest BCUT2D eigenvalue weighted by Gasteiger charge is 2.71. The SMILES string of the molecule is CN1CCN(C[C@@H](NC(=O)N[C@H](C(=O)N2C[C@H]3[C@@H]([C@H]2C(=O)NC(CC2CCC2)C(=O)C(N)=O)C3(C)C)C(C)(C)C)C(C)(C)C)S1(=O)=O.CNC(=O)C(=O)C(CC1CC1)NC(=O)[C@@H]1[C@@H]2[C@H](CN1C(=O)[C@@H](NC(=O)N[C@H](CN1CCCS1(=O)=O)C(C)(C)C)C1CCCCC1)C2(C)C. The van der Waals surface area contributed by atoms with Gasteiger partial charge in [0, 0.05) is 72.0 Å². The number of hydrogen-bond donors (Lipinski definition) is 8. The molecule has 4 aliphatic heterocycles. The number of carbonyl (C=O) groups excluding carboxylic acids is 10. The first-order valence-electron chi connectivity index (χ1n) is 34.6. The van der Waals surface area contributed by atoms with E-state index in [1.807, 2.05) is 76.2 Å². The number of urea groups is 2. The number of ketones is 2. The molecule has 0 spiro atoms. The standard InChI is InChI=1S/C34H56N6O7S.C32H55N7O7S/c1-33(2,3)24(19-39-15-10-16-48(39,46)47)37-32(45)38-26(21-11-8-7-9-12-21)31(44)40-18-22-25(34(22,4)5)27(40)29(42)36-23(17-20-13-14-20)28(41)30(43)35-6;1-30(2,3)21(17-38-14-13-37(9)47(38,45)46)35-29(44)36-25(31(4,5)6)28(43)39-16-19-22(32(19,7)8)23(39)27(42)34-20(24(40)26(33)41)15-18-11-10-12-18/h20-27H,7-19H2,1-6H3,(H,35,43)(H,36,42)(H2,37,38,45);18-23,25H,10-17H2,1-9H3,(H2,33,41)(H,34,42)(H2,35,36,44)/t22-,23?,24+,25-,26-,27-;19-,20?,21+,22-,23-,25+/m00/s1. The maximum atomic E-state index is 14.6. The third kappa shape index (κ3) is 17.0. The van der Waals surface area contributed by atoms with Crippen molar-refractivity contribution in [3.05, 3.63) is 0 Å². The molecule has 0 radical (unpaired) electrons. The van der Waals surface area contributed by atoms with E-state index in [4.69, 9.17) is 5.73 Å². The van der Waals surface area contributed by atoms with Crippen molar-refractivity contribution in [3.8, 4) is 0 Å². The Morgan fingerprint density at radius 3 is 1.42 bits per heavy atom. The van der Waals surface area contributed by atoms with Crippen molar-refractivity contribution >= 4 is 79.3 Å². The average molecular weight is 1370 g/mol. The monoisotopic (exact) mass is 1370 g/mol. The van der Waals surface area contributed by atoms with E-state index >= 15 is 0 Å². The normalized spacial score (nSPS) is 28.0. The summed E-state index contributed by atoms with van der Waals surface area (Å²) >= 11 is 0. The lowest BCUT2D eigenvalue weighted by atomic mass is 9.80. The van der Waals surface area contributed by atoms with E-state index in [-0.39, 0.29) is 77.0 Å². The van der Waals surface area contributed by atoms with Gasteiger partial charge in [-0.1, -0.05) is 141 Å². The maximum absolute atomic E-state index is 14.6. The Bertz CT molecular complexity index is 3180. The molecule has 5 saturated carbocycles. The van der Waals surface area contributed by atoms with Crippen molar-refractivity contribution in [2.75, 3.05) is 65.7 Å². The molecule has 0 bridgehead atoms. The number of Topliss-reactive ketones (excluding diaryl/α,β-unsaturated/α-hetero) is 2. The summed E-state index contributed by atoms with van der Waals surface area (Å²) in [6.07, 6.45) is 10.4. The topological polar surface area (TPSA) is 365 Å². The summed E-state index contributed by atoms with van der Waals surface area (Å²) in [4.78, 5) is 137. The smallest absolute Gasteiger partial charge is 0.315 e. The fraction of sp³-hybridized carbons (Fsp3) is 0.848. The minimum absolute atomic E-state index is 0.0550. The van der Waals surface area contributed by atoms with E-state index in [9.17, 15) is 64.8 Å². The molecule has 10 amide bonds. The number of primary amides is 1. The number of amides is 10. The Morgan fingerprint density at radius 2 is 1.01 bits per heavy atom. The number of nitrogens with two attached hydrogens (primary N) is 1. The number of piperidine rings is 2. The lowest BCUT2D eigenvalue weighted by molar-refractivity contribution is -0.145. The Morgan fingerprint density at radius 1 is 0.537 bits per heavy atom. The van der Waals surface area contributed by atoms with E-state index in [0.29, 0.717) is 52.0 Å². The second-order valence-corrected chi connectivity index (χ2v) is 37.4. The summed E-state index contributed by atoms with van der Waals surface area (Å²) in [7, 11) is -4.10. The Balaban J connectivity index is 0.000000243. The molecule has 4 saturated heterocycles. The Hall–Kier alpha value is -5.52. The van der Waals surface area contributed by atoms with Gasteiger partial charge >= 0.3 is 12.1 Å². The van der Waals surface area contributed by atoms with Gasteiger partial charge in [-0.2, -0.15) is 21.3 Å². The first kappa shape index (κ1) is 75.3. The number of fused-ring (bicyclic) bond motifs is 2. The molecule has 536 valence electrons. The van der Waals surface area contributed by atoms with Crippen LogP contribution in [0.15, 0.2) is 0 Å². The molecular formula is C66H111N13O14S2. The van der Waals surface area contributed by atoms with Gasteiger partial charge in [0.15, 0.2) is 0 Å². The van der Waals surface area contributed by atoms with Gasteiger partial charge in [-0.3, -0.25) is 38.4 Å². The number of nitrogens with one attached hydrogen (secondary N) is 7. The van der Waals surface area contributed by atoms with E-state index < -0.39 is 138 Å². The fourth-order valence-corrected chi connectivity index (χ4v) is 18.5. The van der Waals surface area contributed by atoms with Crippen molar-refractivity contribution in [2.45, 2.75) is 222 Å². The van der Waals surface area contributed by atoms with Crippen LogP contribution in [0.2, 0.25) is 0 Å². The van der Waals surface area contributed by atoms with Crippen LogP contribution in [0, 0.1) is 68.5 Å². The predicted molar refractivity (Wildman–Crippen MR) is 355 cm³/mol. The van der Waals surface area contributed by atoms with Gasteiger partial charge in [0.05, 0.1) is 17.8 Å². The summed E-state index contributed by atoms with van der Waals surface area (Å²) in [5.41, 5.74) is 3.21. The Kier molecular flexibility index (Phi) is 22.5. The van der Waals surface area contributed by atoms with Crippen LogP contribution in [0.4, 0.5) is 9.59 Å². The number of nitrogens with zero attached hydrogens (tertiary/aromatic N) is 5. The zero-order valence-electron chi connectivity index (χ0n) is 58.9. The van der Waals surface area contributed by atoms with Gasteiger partial charge in [-0.25, -0.2) is 18.0 Å². The first-order valence-corrected chi connectivity index (χ1v) is 37.6. The summed E-state index contributed by atoms with van der Waals surface area (Å²) in [6, 6.07) is -7.87. The van der Waals surface area contributed by atoms with Crippen LogP contribution in [0.3, 0.4) is 0 Å². The molecule has 0 aromatic heterocycles. The lowest BCUT2D eigenvalue weighted by Gasteiger charge is -2.39. The van der Waals surface area contributed by atoms with E-state index in [0.717, 1.165) is 64.2 Å². The van der Waals surface area contributed by atoms with Gasteiger partial charge in [0.1, 0.15) is 24.2 Å². The number of rotatable bonds is 23. The van der Waals surface area contributed by atoms with Gasteiger partial charge < -0.3 is 52.8 Å². The van der Waals surface area contributed by atoms with E-state index in [1.165, 1.54) is 31.9 Å². The zero-order valence-corrected chi connectivity index (χ0v) is 60.5. The zero-order chi connectivity index (χ0) is 70.6. The minimum Gasteiger partial charge on any atom is -0.363 e. The largest absolute Gasteiger partial charge is 0.363 e. The predicted octanol–water partition coefficient (Wildman–Crippen LogP) is 2.59. The van der Waals surface area contributed by atoms with Crippen LogP contribution < -0.4 is 43.0 Å². The minimum atomic E-state index is -3.63. The molecule has 9 rings (SSSR count). The molecule has 9 aliphatic rings. The number of likely N-dealkylation sites (tertiary alicyclic amines) is 2. The van der Waals surface area contributed by atoms with Crippen LogP contribution >= 0.6 is 0 Å². The quantitative estimate of drug-likeness (QED) is 0.0682. The third-order valence-electron chi connectivity index (χ3n) is 22.7. The van der Waals surface area contributed by atoms with Crippen molar-refractivity contribution in [1.29, 1.82) is 0 Å². The first-order chi connectivity index (χ1) is 43.9. The lowest BCUT2D eigenvalue weighted by Crippen LogP contribution is -2.62. The van der Waals surface area contributed by atoms with Crippen LogP contribution in [0.5, 0.6) is 0 Å². The van der Waals surface area contributed by atoms with Crippen LogP contribution in [0.1, 0.15) is 173 Å². The molecule has 27 nitrogen and oxygen atoms in total. The van der Waals surface area contributed by atoms with Gasteiger partial charge in [0.25, 0.3) is 22.0 Å². The second kappa shape index (κ2) is 28.4. The molecule has 4 heterocycles. The van der Waals surface area contributed by atoms with Crippen molar-refractivity contribution in [3.63, 3.8) is 0 Å². The van der Waals surface area contributed by atoms with Gasteiger partial charge in [-0.15, -0.1) is 0 Å². The molecule has 2 unspecified atom stereocenters.